The van der Waals surface area contributed by atoms with Gasteiger partial charge in [-0.2, -0.15) is 10.1 Å². The van der Waals surface area contributed by atoms with Gasteiger partial charge in [-0.05, 0) is 18.2 Å². The van der Waals surface area contributed by atoms with Crippen LogP contribution in [0.2, 0.25) is 0 Å². The molecule has 8 nitrogen and oxygen atoms in total. The molecule has 1 aliphatic rings. The highest BCUT2D eigenvalue weighted by Gasteiger charge is 2.13. The topological polar surface area (TPSA) is 90.4 Å². The summed E-state index contributed by atoms with van der Waals surface area (Å²) < 4.78 is 16.0. The Balaban J connectivity index is 1.45. The summed E-state index contributed by atoms with van der Waals surface area (Å²) in [6, 6.07) is 13.3. The van der Waals surface area contributed by atoms with Crippen molar-refractivity contribution in [2.24, 2.45) is 0 Å². The molecule has 0 saturated carbocycles. The van der Waals surface area contributed by atoms with E-state index in [1.807, 2.05) is 42.5 Å². The van der Waals surface area contributed by atoms with Crippen LogP contribution in [0, 0.1) is 0 Å². The Hall–Kier alpha value is -3.55. The fourth-order valence-corrected chi connectivity index (χ4v) is 2.58. The van der Waals surface area contributed by atoms with E-state index in [1.54, 1.807) is 13.3 Å². The van der Waals surface area contributed by atoms with Crippen molar-refractivity contribution < 1.29 is 14.2 Å². The number of para-hydroxylation sites is 1. The number of hydrogen-bond donors (Lipinski definition) is 2. The first-order valence-corrected chi connectivity index (χ1v) is 8.04. The van der Waals surface area contributed by atoms with Crippen molar-refractivity contribution in [2.75, 3.05) is 24.5 Å². The fraction of sp³-hybridized carbons (Fsp3) is 0.167. The normalized spacial score (nSPS) is 11.9. The van der Waals surface area contributed by atoms with Crippen LogP contribution in [-0.4, -0.2) is 29.1 Å². The zero-order chi connectivity index (χ0) is 17.8. The molecule has 0 spiro atoms. The molecule has 0 bridgehead atoms. The molecule has 0 amide bonds. The van der Waals surface area contributed by atoms with E-state index in [2.05, 4.69) is 25.8 Å². The van der Waals surface area contributed by atoms with Gasteiger partial charge in [-0.3, -0.25) is 0 Å². The third-order valence-electron chi connectivity index (χ3n) is 3.84. The van der Waals surface area contributed by atoms with Gasteiger partial charge in [0.05, 0.1) is 13.3 Å². The van der Waals surface area contributed by atoms with Crippen molar-refractivity contribution in [2.45, 2.75) is 6.54 Å². The molecule has 2 aromatic carbocycles. The second-order valence-electron chi connectivity index (χ2n) is 5.52. The van der Waals surface area contributed by atoms with Crippen LogP contribution in [-0.2, 0) is 6.54 Å². The number of anilines is 3. The Morgan fingerprint density at radius 2 is 2.00 bits per heavy atom. The Kier molecular flexibility index (Phi) is 4.38. The minimum absolute atomic E-state index is 0.235. The maximum Gasteiger partial charge on any atom is 0.249 e. The molecule has 26 heavy (non-hydrogen) atoms. The van der Waals surface area contributed by atoms with E-state index in [-0.39, 0.29) is 6.79 Å². The summed E-state index contributed by atoms with van der Waals surface area (Å²) in [6.45, 7) is 0.797. The smallest absolute Gasteiger partial charge is 0.249 e. The Morgan fingerprint density at radius 3 is 2.92 bits per heavy atom. The van der Waals surface area contributed by atoms with Gasteiger partial charge in [-0.1, -0.05) is 18.2 Å². The minimum atomic E-state index is 0.235. The monoisotopic (exact) mass is 351 g/mol. The van der Waals surface area contributed by atoms with Crippen molar-refractivity contribution in [3.8, 4) is 17.2 Å². The van der Waals surface area contributed by atoms with E-state index < -0.39 is 0 Å². The highest BCUT2D eigenvalue weighted by atomic mass is 16.7. The lowest BCUT2D eigenvalue weighted by molar-refractivity contribution is 0.174. The lowest BCUT2D eigenvalue weighted by Gasteiger charge is -2.10. The SMILES string of the molecule is COc1ccccc1CNc1cnnc(Nc2ccc3c(c2)OCO3)n1. The molecule has 4 rings (SSSR count). The quantitative estimate of drug-likeness (QED) is 0.700. The summed E-state index contributed by atoms with van der Waals surface area (Å²) in [5.74, 6) is 3.22. The minimum Gasteiger partial charge on any atom is -0.496 e. The van der Waals surface area contributed by atoms with Gasteiger partial charge in [-0.25, -0.2) is 0 Å². The molecule has 132 valence electrons. The van der Waals surface area contributed by atoms with Crippen LogP contribution >= 0.6 is 0 Å². The number of ether oxygens (including phenoxy) is 3. The summed E-state index contributed by atoms with van der Waals surface area (Å²) >= 11 is 0. The van der Waals surface area contributed by atoms with Crippen LogP contribution in [0.3, 0.4) is 0 Å². The molecule has 0 aliphatic carbocycles. The molecule has 0 radical (unpaired) electrons. The molecular formula is C18H17N5O3. The zero-order valence-electron chi connectivity index (χ0n) is 14.1. The Labute approximate surface area is 150 Å². The number of fused-ring (bicyclic) bond motifs is 1. The largest absolute Gasteiger partial charge is 0.496 e. The number of nitrogens with zero attached hydrogens (tertiary/aromatic N) is 3. The Morgan fingerprint density at radius 1 is 1.12 bits per heavy atom. The van der Waals surface area contributed by atoms with Gasteiger partial charge < -0.3 is 24.8 Å². The van der Waals surface area contributed by atoms with Gasteiger partial charge >= 0.3 is 0 Å². The summed E-state index contributed by atoms with van der Waals surface area (Å²) in [6.07, 6.45) is 1.57. The number of rotatable bonds is 6. The average Bonchev–Trinajstić information content (AvgIpc) is 3.15. The van der Waals surface area contributed by atoms with E-state index in [1.165, 1.54) is 0 Å². The summed E-state index contributed by atoms with van der Waals surface area (Å²) in [7, 11) is 1.65. The molecule has 1 aromatic heterocycles. The lowest BCUT2D eigenvalue weighted by Crippen LogP contribution is -2.06. The van der Waals surface area contributed by atoms with Crippen molar-refractivity contribution in [3.05, 3.63) is 54.2 Å². The number of nitrogens with one attached hydrogen (secondary N) is 2. The van der Waals surface area contributed by atoms with E-state index in [9.17, 15) is 0 Å². The predicted molar refractivity (Wildman–Crippen MR) is 96.0 cm³/mol. The molecule has 0 atom stereocenters. The van der Waals surface area contributed by atoms with E-state index in [4.69, 9.17) is 14.2 Å². The van der Waals surface area contributed by atoms with Crippen molar-refractivity contribution in [3.63, 3.8) is 0 Å². The first kappa shape index (κ1) is 15.9. The predicted octanol–water partition coefficient (Wildman–Crippen LogP) is 2.96. The number of hydrogen-bond acceptors (Lipinski definition) is 8. The number of aromatic nitrogens is 3. The molecule has 0 saturated heterocycles. The molecule has 2 heterocycles. The summed E-state index contributed by atoms with van der Waals surface area (Å²) in [5, 5.41) is 14.3. The van der Waals surface area contributed by atoms with Crippen LogP contribution in [0.25, 0.3) is 0 Å². The van der Waals surface area contributed by atoms with Crippen molar-refractivity contribution in [1.82, 2.24) is 15.2 Å². The first-order valence-electron chi connectivity index (χ1n) is 8.04. The molecule has 0 unspecified atom stereocenters. The standard InChI is InChI=1S/C18H17N5O3/c1-24-14-5-3-2-4-12(14)9-19-17-10-20-23-18(22-17)21-13-6-7-15-16(8-13)26-11-25-15/h2-8,10H,9,11H2,1H3,(H2,19,21,22,23). The molecule has 8 heteroatoms. The molecular weight excluding hydrogens is 334 g/mol. The second kappa shape index (κ2) is 7.14. The first-order chi connectivity index (χ1) is 12.8. The van der Waals surface area contributed by atoms with E-state index >= 15 is 0 Å². The van der Waals surface area contributed by atoms with Gasteiger partial charge in [0, 0.05) is 23.9 Å². The zero-order valence-corrected chi connectivity index (χ0v) is 14.1. The lowest BCUT2D eigenvalue weighted by atomic mass is 10.2. The van der Waals surface area contributed by atoms with Gasteiger partial charge in [0.15, 0.2) is 17.3 Å². The van der Waals surface area contributed by atoms with Gasteiger partial charge in [0.2, 0.25) is 12.7 Å². The summed E-state index contributed by atoms with van der Waals surface area (Å²) in [4.78, 5) is 4.42. The average molecular weight is 351 g/mol. The molecule has 2 N–H and O–H groups in total. The van der Waals surface area contributed by atoms with Crippen LogP contribution < -0.4 is 24.8 Å². The highest BCUT2D eigenvalue weighted by Crippen LogP contribution is 2.34. The third-order valence-corrected chi connectivity index (χ3v) is 3.84. The van der Waals surface area contributed by atoms with E-state index in [0.717, 1.165) is 22.7 Å². The fourth-order valence-electron chi connectivity index (χ4n) is 2.58. The van der Waals surface area contributed by atoms with Crippen molar-refractivity contribution in [1.29, 1.82) is 0 Å². The van der Waals surface area contributed by atoms with Crippen LogP contribution in [0.15, 0.2) is 48.7 Å². The second-order valence-corrected chi connectivity index (χ2v) is 5.52. The maximum absolute atomic E-state index is 5.37. The van der Waals surface area contributed by atoms with Crippen LogP contribution in [0.4, 0.5) is 17.5 Å². The summed E-state index contributed by atoms with van der Waals surface area (Å²) in [5.41, 5.74) is 1.82. The third kappa shape index (κ3) is 3.44. The van der Waals surface area contributed by atoms with Crippen molar-refractivity contribution >= 4 is 17.5 Å². The van der Waals surface area contributed by atoms with Gasteiger partial charge in [0.25, 0.3) is 0 Å². The molecule has 3 aromatic rings. The number of benzene rings is 2. The molecule has 0 fully saturated rings. The van der Waals surface area contributed by atoms with Crippen LogP contribution in [0.5, 0.6) is 17.2 Å². The van der Waals surface area contributed by atoms with Gasteiger partial charge in [0.1, 0.15) is 5.75 Å². The van der Waals surface area contributed by atoms with Gasteiger partial charge in [-0.15, -0.1) is 5.10 Å². The number of methoxy groups -OCH3 is 1. The highest BCUT2D eigenvalue weighted by molar-refractivity contribution is 5.60. The maximum atomic E-state index is 5.37. The molecule has 1 aliphatic heterocycles. The van der Waals surface area contributed by atoms with E-state index in [0.29, 0.717) is 24.1 Å². The Bertz CT molecular complexity index is 919. The van der Waals surface area contributed by atoms with Crippen LogP contribution in [0.1, 0.15) is 5.56 Å².